The van der Waals surface area contributed by atoms with Gasteiger partial charge in [0.25, 0.3) is 0 Å². The number of amides is 3. The number of carboxylic acid groups (broad SMARTS) is 1. The minimum atomic E-state index is -1.46. The summed E-state index contributed by atoms with van der Waals surface area (Å²) >= 11 is 0. The number of hydrogen-bond donors (Lipinski definition) is 10. The molecule has 2 aromatic rings. The SMILES string of the molecule is CC(O)C(NC(=O)C(N)Cc1cnc[nH]1)C(=O)NC(Cc1cnc[nH]1)C(=O)NC(CCCN=C(N)N)C(=O)O. The Morgan fingerprint density at radius 2 is 1.54 bits per heavy atom. The lowest BCUT2D eigenvalue weighted by molar-refractivity contribution is -0.142. The summed E-state index contributed by atoms with van der Waals surface area (Å²) < 4.78 is 0. The van der Waals surface area contributed by atoms with Gasteiger partial charge in [0.15, 0.2) is 5.96 Å². The van der Waals surface area contributed by atoms with E-state index < -0.39 is 54.0 Å². The van der Waals surface area contributed by atoms with Crippen molar-refractivity contribution in [2.24, 2.45) is 22.2 Å². The molecule has 3 amide bonds. The number of rotatable bonds is 16. The molecule has 17 nitrogen and oxygen atoms in total. The number of nitrogens with one attached hydrogen (secondary N) is 5. The summed E-state index contributed by atoms with van der Waals surface area (Å²) in [5.41, 5.74) is 17.5. The highest BCUT2D eigenvalue weighted by Crippen LogP contribution is 2.05. The number of aromatic amines is 2. The summed E-state index contributed by atoms with van der Waals surface area (Å²) in [5, 5.41) is 27.0. The van der Waals surface area contributed by atoms with E-state index in [9.17, 15) is 29.4 Å². The first kappa shape index (κ1) is 30.7. The molecule has 0 aromatic carbocycles. The molecule has 0 saturated carbocycles. The van der Waals surface area contributed by atoms with Gasteiger partial charge in [0, 0.05) is 43.2 Å². The van der Waals surface area contributed by atoms with Crippen LogP contribution in [0.5, 0.6) is 0 Å². The van der Waals surface area contributed by atoms with Gasteiger partial charge in [0.2, 0.25) is 17.7 Å². The number of aromatic nitrogens is 4. The predicted molar refractivity (Wildman–Crippen MR) is 138 cm³/mol. The van der Waals surface area contributed by atoms with Gasteiger partial charge in [0.05, 0.1) is 24.8 Å². The van der Waals surface area contributed by atoms with Crippen molar-refractivity contribution in [3.63, 3.8) is 0 Å². The van der Waals surface area contributed by atoms with Crippen molar-refractivity contribution in [2.75, 3.05) is 6.54 Å². The van der Waals surface area contributed by atoms with Crippen molar-refractivity contribution in [1.29, 1.82) is 0 Å². The minimum absolute atomic E-state index is 0.0170. The number of aliphatic carboxylic acids is 1. The van der Waals surface area contributed by atoms with E-state index in [0.717, 1.165) is 0 Å². The molecule has 0 aliphatic rings. The maximum atomic E-state index is 13.1. The molecular formula is C22H35N11O6. The standard InChI is InChI=1S/C22H35N11O6/c1-11(34)17(33-18(35)14(23)5-12-7-26-9-29-12)20(37)32-16(6-13-8-27-10-30-13)19(36)31-15(21(38)39)3-2-4-28-22(24)25/h7-11,14-17,34H,2-6,23H2,1H3,(H,26,29)(H,27,30)(H,31,36)(H,32,37)(H,33,35)(H,38,39)(H4,24,25,28). The van der Waals surface area contributed by atoms with Crippen LogP contribution in [0.25, 0.3) is 0 Å². The van der Waals surface area contributed by atoms with Crippen LogP contribution in [-0.2, 0) is 32.0 Å². The maximum absolute atomic E-state index is 13.1. The quantitative estimate of drug-likeness (QED) is 0.0550. The third-order valence-corrected chi connectivity index (χ3v) is 5.57. The van der Waals surface area contributed by atoms with Crippen molar-refractivity contribution >= 4 is 29.7 Å². The summed E-state index contributed by atoms with van der Waals surface area (Å²) in [6.45, 7) is 1.44. The predicted octanol–water partition coefficient (Wildman–Crippen LogP) is -3.78. The van der Waals surface area contributed by atoms with E-state index >= 15 is 0 Å². The summed E-state index contributed by atoms with van der Waals surface area (Å²) in [4.78, 5) is 67.6. The number of carbonyl (C=O) groups excluding carboxylic acids is 3. The number of H-pyrrole nitrogens is 2. The number of aliphatic hydroxyl groups excluding tert-OH is 1. The maximum Gasteiger partial charge on any atom is 0.326 e. The fourth-order valence-electron chi connectivity index (χ4n) is 3.51. The van der Waals surface area contributed by atoms with Gasteiger partial charge >= 0.3 is 5.97 Å². The topological polar surface area (TPSA) is 293 Å². The Morgan fingerprint density at radius 3 is 2.05 bits per heavy atom. The first-order valence-corrected chi connectivity index (χ1v) is 12.0. The van der Waals surface area contributed by atoms with Crippen LogP contribution in [0.3, 0.4) is 0 Å². The van der Waals surface area contributed by atoms with E-state index in [4.69, 9.17) is 17.2 Å². The summed E-state index contributed by atoms with van der Waals surface area (Å²) in [6.07, 6.45) is 4.67. The molecule has 5 unspecified atom stereocenters. The zero-order chi connectivity index (χ0) is 28.9. The Kier molecular flexibility index (Phi) is 11.8. The van der Waals surface area contributed by atoms with E-state index in [2.05, 4.69) is 40.9 Å². The van der Waals surface area contributed by atoms with Crippen LogP contribution in [0.1, 0.15) is 31.2 Å². The number of nitrogens with two attached hydrogens (primary N) is 3. The molecule has 2 heterocycles. The smallest absolute Gasteiger partial charge is 0.326 e. The van der Waals surface area contributed by atoms with Gasteiger partial charge in [-0.25, -0.2) is 14.8 Å². The first-order valence-electron chi connectivity index (χ1n) is 12.0. The molecule has 5 atom stereocenters. The van der Waals surface area contributed by atoms with Crippen LogP contribution in [0.4, 0.5) is 0 Å². The third kappa shape index (κ3) is 10.4. The molecule has 214 valence electrons. The second kappa shape index (κ2) is 15.0. The van der Waals surface area contributed by atoms with Gasteiger partial charge in [-0.15, -0.1) is 0 Å². The number of carbonyl (C=O) groups is 4. The average molecular weight is 550 g/mol. The van der Waals surface area contributed by atoms with Gasteiger partial charge in [-0.05, 0) is 19.8 Å². The summed E-state index contributed by atoms with van der Waals surface area (Å²) in [7, 11) is 0. The molecule has 0 bridgehead atoms. The third-order valence-electron chi connectivity index (χ3n) is 5.57. The number of aliphatic imine (C=N–C) groups is 1. The molecule has 39 heavy (non-hydrogen) atoms. The molecule has 13 N–H and O–H groups in total. The van der Waals surface area contributed by atoms with Crippen LogP contribution in [0.2, 0.25) is 0 Å². The zero-order valence-electron chi connectivity index (χ0n) is 21.3. The Hall–Kier alpha value is -4.51. The van der Waals surface area contributed by atoms with Crippen LogP contribution in [-0.4, -0.2) is 96.6 Å². The van der Waals surface area contributed by atoms with Gasteiger partial charge in [-0.2, -0.15) is 0 Å². The fraction of sp³-hybridized carbons (Fsp3) is 0.500. The number of aliphatic hydroxyl groups is 1. The molecule has 0 saturated heterocycles. The molecular weight excluding hydrogens is 514 g/mol. The van der Waals surface area contributed by atoms with Gasteiger partial charge in [-0.3, -0.25) is 19.4 Å². The number of nitrogens with zero attached hydrogens (tertiary/aromatic N) is 3. The van der Waals surface area contributed by atoms with Crippen LogP contribution >= 0.6 is 0 Å². The van der Waals surface area contributed by atoms with Crippen LogP contribution < -0.4 is 33.2 Å². The Labute approximate surface area is 223 Å². The first-order chi connectivity index (χ1) is 18.5. The number of carboxylic acids is 1. The second-order valence-electron chi connectivity index (χ2n) is 8.80. The number of hydrogen-bond acceptors (Lipinski definition) is 9. The van der Waals surface area contributed by atoms with Crippen LogP contribution in [0, 0.1) is 0 Å². The molecule has 0 radical (unpaired) electrons. The van der Waals surface area contributed by atoms with Gasteiger partial charge in [-0.1, -0.05) is 0 Å². The minimum Gasteiger partial charge on any atom is -0.480 e. The highest BCUT2D eigenvalue weighted by Gasteiger charge is 2.32. The van der Waals surface area contributed by atoms with Crippen molar-refractivity contribution < 1.29 is 29.4 Å². The van der Waals surface area contributed by atoms with Crippen molar-refractivity contribution in [2.45, 2.75) is 62.9 Å². The lowest BCUT2D eigenvalue weighted by Crippen LogP contribution is -2.60. The normalized spacial score (nSPS) is 14.7. The van der Waals surface area contributed by atoms with E-state index in [1.165, 1.54) is 32.0 Å². The molecule has 0 aliphatic carbocycles. The number of guanidine groups is 1. The fourth-order valence-corrected chi connectivity index (χ4v) is 3.51. The molecule has 0 fully saturated rings. The average Bonchev–Trinajstić information content (AvgIpc) is 3.57. The van der Waals surface area contributed by atoms with Crippen molar-refractivity contribution in [3.05, 3.63) is 36.4 Å². The Balaban J connectivity index is 2.11. The van der Waals surface area contributed by atoms with Crippen molar-refractivity contribution in [1.82, 2.24) is 35.9 Å². The zero-order valence-corrected chi connectivity index (χ0v) is 21.3. The monoisotopic (exact) mass is 549 g/mol. The van der Waals surface area contributed by atoms with E-state index in [-0.39, 0.29) is 38.2 Å². The highest BCUT2D eigenvalue weighted by atomic mass is 16.4. The second-order valence-corrected chi connectivity index (χ2v) is 8.80. The van der Waals surface area contributed by atoms with Crippen LogP contribution in [0.15, 0.2) is 30.0 Å². The van der Waals surface area contributed by atoms with E-state index in [1.807, 2.05) is 0 Å². The highest BCUT2D eigenvalue weighted by molar-refractivity contribution is 5.94. The largest absolute Gasteiger partial charge is 0.480 e. The molecule has 2 aromatic heterocycles. The van der Waals surface area contributed by atoms with Gasteiger partial charge in [0.1, 0.15) is 18.1 Å². The summed E-state index contributed by atoms with van der Waals surface area (Å²) in [6, 6.07) is -5.09. The lowest BCUT2D eigenvalue weighted by atomic mass is 10.1. The lowest BCUT2D eigenvalue weighted by Gasteiger charge is -2.26. The molecule has 0 aliphatic heterocycles. The molecule has 17 heteroatoms. The molecule has 2 rings (SSSR count). The Bertz CT molecular complexity index is 1100. The molecule has 0 spiro atoms. The van der Waals surface area contributed by atoms with Gasteiger partial charge < -0.3 is 53.3 Å². The number of imidazole rings is 2. The Morgan fingerprint density at radius 1 is 0.949 bits per heavy atom. The van der Waals surface area contributed by atoms with E-state index in [1.54, 1.807) is 0 Å². The van der Waals surface area contributed by atoms with Crippen molar-refractivity contribution in [3.8, 4) is 0 Å². The summed E-state index contributed by atoms with van der Waals surface area (Å²) in [5.74, 6) is -3.84. The van der Waals surface area contributed by atoms with E-state index in [0.29, 0.717) is 11.4 Å².